The van der Waals surface area contributed by atoms with E-state index in [0.717, 1.165) is 4.74 Å². The molecule has 0 atom stereocenters. The van der Waals surface area contributed by atoms with E-state index in [1.165, 1.54) is 10.5 Å². The molecule has 6 heteroatoms. The van der Waals surface area contributed by atoms with Crippen molar-refractivity contribution in [2.75, 3.05) is 13.1 Å². The monoisotopic (exact) mass is 313 g/mol. The van der Waals surface area contributed by atoms with Gasteiger partial charge in [-0.3, -0.25) is 5.21 Å². The van der Waals surface area contributed by atoms with E-state index in [-0.39, 0.29) is 4.90 Å². The summed E-state index contributed by atoms with van der Waals surface area (Å²) < 4.78 is 27.7. The maximum absolute atomic E-state index is 12.7. The zero-order chi connectivity index (χ0) is 16.3. The second-order valence-corrected chi connectivity index (χ2v) is 7.68. The van der Waals surface area contributed by atoms with Crippen molar-refractivity contribution >= 4 is 16.2 Å². The van der Waals surface area contributed by atoms with Gasteiger partial charge in [-0.05, 0) is 16.9 Å². The van der Waals surface area contributed by atoms with Crippen LogP contribution < -0.4 is 0 Å². The van der Waals surface area contributed by atoms with Crippen LogP contribution in [0.3, 0.4) is 0 Å². The van der Waals surface area contributed by atoms with Crippen LogP contribution in [0.1, 0.15) is 40.2 Å². The van der Waals surface area contributed by atoms with Gasteiger partial charge in [-0.25, -0.2) is 8.42 Å². The van der Waals surface area contributed by atoms with Crippen molar-refractivity contribution in [1.82, 2.24) is 4.31 Å². The molecule has 21 heavy (non-hydrogen) atoms. The fraction of sp³-hybridized carbons (Fsp3) is 0.533. The number of sulfonamides is 1. The van der Waals surface area contributed by atoms with Crippen LogP contribution in [-0.4, -0.2) is 47.5 Å². The number of rotatable bonds is 5. The highest BCUT2D eigenvalue weighted by Gasteiger charge is 2.28. The molecular weight excluding hydrogens is 288 g/mol. The molecule has 0 amide bonds. The molecule has 0 saturated carbocycles. The lowest BCUT2D eigenvalue weighted by Gasteiger charge is -2.19. The van der Waals surface area contributed by atoms with E-state index in [1.54, 1.807) is 38.1 Å². The summed E-state index contributed by atoms with van der Waals surface area (Å²) >= 11 is 0. The molecule has 0 saturated heterocycles. The largest absolute Gasteiger partial charge is 0.290 e. The maximum atomic E-state index is 12.7. The lowest BCUT2D eigenvalue weighted by molar-refractivity contribution is -0.816. The molecule has 0 heterocycles. The molecular formula is C15H25N2O3S+. The Morgan fingerprint density at radius 1 is 1.19 bits per heavy atom. The van der Waals surface area contributed by atoms with Crippen LogP contribution in [0.2, 0.25) is 0 Å². The smallest absolute Gasteiger partial charge is 0.243 e. The highest BCUT2D eigenvalue weighted by Crippen LogP contribution is 2.19. The molecule has 0 aliphatic rings. The summed E-state index contributed by atoms with van der Waals surface area (Å²) in [6.45, 7) is 9.95. The Labute approximate surface area is 127 Å². The molecule has 0 bridgehead atoms. The van der Waals surface area contributed by atoms with E-state index in [0.29, 0.717) is 18.7 Å². The van der Waals surface area contributed by atoms with Gasteiger partial charge in [0.05, 0.1) is 10.5 Å². The molecule has 0 aliphatic carbocycles. The zero-order valence-corrected chi connectivity index (χ0v) is 14.2. The number of hydrogen-bond donors (Lipinski definition) is 1. The predicted molar refractivity (Wildman–Crippen MR) is 83.5 cm³/mol. The van der Waals surface area contributed by atoms with Gasteiger partial charge >= 0.3 is 0 Å². The first-order chi connectivity index (χ1) is 9.64. The van der Waals surface area contributed by atoms with Gasteiger partial charge in [-0.2, -0.15) is 4.31 Å². The first-order valence-electron chi connectivity index (χ1n) is 7.06. The minimum Gasteiger partial charge on any atom is -0.290 e. The van der Waals surface area contributed by atoms with Gasteiger partial charge in [-0.1, -0.05) is 26.0 Å². The Morgan fingerprint density at radius 2 is 1.71 bits per heavy atom. The van der Waals surface area contributed by atoms with Crippen molar-refractivity contribution in [2.24, 2.45) is 0 Å². The molecule has 0 spiro atoms. The van der Waals surface area contributed by atoms with E-state index in [2.05, 4.69) is 0 Å². The lowest BCUT2D eigenvalue weighted by Crippen LogP contribution is -2.33. The molecule has 5 nitrogen and oxygen atoms in total. The summed E-state index contributed by atoms with van der Waals surface area (Å²) in [6.07, 6.45) is 1.45. The SMILES string of the molecule is CCN(CC)S(=O)(=O)c1ccccc1/C=[N+](\O)C(C)(C)C. The van der Waals surface area contributed by atoms with Crippen LogP contribution in [0.25, 0.3) is 0 Å². The van der Waals surface area contributed by atoms with Gasteiger partial charge in [-0.15, -0.1) is 0 Å². The first-order valence-corrected chi connectivity index (χ1v) is 8.50. The van der Waals surface area contributed by atoms with Gasteiger partial charge in [0.25, 0.3) is 0 Å². The van der Waals surface area contributed by atoms with Crippen molar-refractivity contribution in [3.8, 4) is 0 Å². The molecule has 1 rings (SSSR count). The summed E-state index contributed by atoms with van der Waals surface area (Å²) in [5.74, 6) is 0. The van der Waals surface area contributed by atoms with Crippen molar-refractivity contribution in [2.45, 2.75) is 45.1 Å². The van der Waals surface area contributed by atoms with Crippen LogP contribution in [0.15, 0.2) is 29.2 Å². The summed E-state index contributed by atoms with van der Waals surface area (Å²) in [4.78, 5) is 0.206. The average Bonchev–Trinajstić information content (AvgIpc) is 2.39. The van der Waals surface area contributed by atoms with Crippen LogP contribution in [0, 0.1) is 0 Å². The fourth-order valence-corrected chi connectivity index (χ4v) is 3.48. The van der Waals surface area contributed by atoms with Crippen molar-refractivity contribution in [3.63, 3.8) is 0 Å². The third kappa shape index (κ3) is 4.04. The molecule has 0 unspecified atom stereocenters. The second-order valence-electron chi connectivity index (χ2n) is 5.77. The van der Waals surface area contributed by atoms with E-state index >= 15 is 0 Å². The summed E-state index contributed by atoms with van der Waals surface area (Å²) in [7, 11) is -3.56. The van der Waals surface area contributed by atoms with Gasteiger partial charge in [0.1, 0.15) is 0 Å². The Bertz CT molecular complexity index is 612. The summed E-state index contributed by atoms with van der Waals surface area (Å²) in [6, 6.07) is 6.69. The summed E-state index contributed by atoms with van der Waals surface area (Å²) in [5, 5.41) is 10.1. The zero-order valence-electron chi connectivity index (χ0n) is 13.4. The molecule has 118 valence electrons. The highest BCUT2D eigenvalue weighted by molar-refractivity contribution is 7.89. The topological polar surface area (TPSA) is 60.6 Å². The van der Waals surface area contributed by atoms with Crippen LogP contribution in [0.4, 0.5) is 0 Å². The van der Waals surface area contributed by atoms with Crippen LogP contribution in [-0.2, 0) is 10.0 Å². The first kappa shape index (κ1) is 17.7. The maximum Gasteiger partial charge on any atom is 0.243 e. The molecule has 0 radical (unpaired) electrons. The third-order valence-corrected chi connectivity index (χ3v) is 5.31. The molecule has 1 aromatic rings. The second kappa shape index (κ2) is 6.58. The number of hydroxylamine groups is 1. The van der Waals surface area contributed by atoms with Crippen molar-refractivity contribution < 1.29 is 18.4 Å². The number of nitrogens with zero attached hydrogens (tertiary/aromatic N) is 2. The van der Waals surface area contributed by atoms with Gasteiger partial charge < -0.3 is 0 Å². The highest BCUT2D eigenvalue weighted by atomic mass is 32.2. The van der Waals surface area contributed by atoms with E-state index in [1.807, 2.05) is 20.8 Å². The minimum absolute atomic E-state index is 0.206. The molecule has 1 N–H and O–H groups in total. The predicted octanol–water partition coefficient (Wildman–Crippen LogP) is 2.34. The standard InChI is InChI=1S/C15H25N2O3S/c1-6-16(7-2)21(19,20)14-11-9-8-10-13(14)12-17(18)15(3,4)5/h8-12,18H,6-7H2,1-5H3/q+1/b17-12-. The third-order valence-electron chi connectivity index (χ3n) is 3.19. The number of hydrogen-bond acceptors (Lipinski definition) is 3. The van der Waals surface area contributed by atoms with Crippen LogP contribution in [0.5, 0.6) is 0 Å². The molecule has 1 aromatic carbocycles. The van der Waals surface area contributed by atoms with E-state index < -0.39 is 15.6 Å². The average molecular weight is 313 g/mol. The quantitative estimate of drug-likeness (QED) is 0.393. The molecule has 0 aliphatic heterocycles. The Morgan fingerprint density at radius 3 is 2.19 bits per heavy atom. The summed E-state index contributed by atoms with van der Waals surface area (Å²) in [5.41, 5.74) is -0.0340. The van der Waals surface area contributed by atoms with E-state index in [9.17, 15) is 13.6 Å². The minimum atomic E-state index is -3.56. The Hall–Kier alpha value is -1.40. The van der Waals surface area contributed by atoms with Crippen LogP contribution >= 0.6 is 0 Å². The van der Waals surface area contributed by atoms with Crippen molar-refractivity contribution in [1.29, 1.82) is 0 Å². The van der Waals surface area contributed by atoms with Gasteiger partial charge in [0.15, 0.2) is 0 Å². The van der Waals surface area contributed by atoms with Gasteiger partial charge in [0, 0.05) is 33.9 Å². The molecule has 0 fully saturated rings. The Balaban J connectivity index is 3.42. The normalized spacial score (nSPS) is 13.7. The number of benzene rings is 1. The Kier molecular flexibility index (Phi) is 5.53. The molecule has 0 aromatic heterocycles. The lowest BCUT2D eigenvalue weighted by atomic mass is 10.1. The van der Waals surface area contributed by atoms with Crippen molar-refractivity contribution in [3.05, 3.63) is 29.8 Å². The van der Waals surface area contributed by atoms with E-state index in [4.69, 9.17) is 0 Å². The van der Waals surface area contributed by atoms with Gasteiger partial charge in [0.2, 0.25) is 21.8 Å². The fourth-order valence-electron chi connectivity index (χ4n) is 1.85.